The third-order valence-electron chi connectivity index (χ3n) is 4.23. The van der Waals surface area contributed by atoms with Crippen LogP contribution in [0.3, 0.4) is 0 Å². The van der Waals surface area contributed by atoms with E-state index in [1.807, 2.05) is 18.2 Å². The van der Waals surface area contributed by atoms with Crippen molar-refractivity contribution in [2.45, 2.75) is 26.4 Å². The molecular weight excluding hydrogens is 340 g/mol. The zero-order chi connectivity index (χ0) is 18.1. The first-order valence-corrected chi connectivity index (χ1v) is 9.18. The summed E-state index contributed by atoms with van der Waals surface area (Å²) >= 11 is 6.01. The second kappa shape index (κ2) is 10.5. The number of morpholine rings is 1. The maximum Gasteiger partial charge on any atom is 0.191 e. The summed E-state index contributed by atoms with van der Waals surface area (Å²) in [7, 11) is 1.65. The average Bonchev–Trinajstić information content (AvgIpc) is 2.65. The lowest BCUT2D eigenvalue weighted by Crippen LogP contribution is -2.49. The molecule has 0 bridgehead atoms. The van der Waals surface area contributed by atoms with Gasteiger partial charge in [-0.15, -0.1) is 0 Å². The summed E-state index contributed by atoms with van der Waals surface area (Å²) in [6.07, 6.45) is 0. The van der Waals surface area contributed by atoms with Gasteiger partial charge in [-0.3, -0.25) is 4.90 Å². The zero-order valence-corrected chi connectivity index (χ0v) is 16.1. The van der Waals surface area contributed by atoms with Gasteiger partial charge in [0, 0.05) is 42.8 Å². The molecular formula is C18H29ClN4O2. The van der Waals surface area contributed by atoms with Crippen molar-refractivity contribution in [2.24, 2.45) is 4.99 Å². The van der Waals surface area contributed by atoms with Crippen LogP contribution in [0.2, 0.25) is 5.02 Å². The monoisotopic (exact) mass is 368 g/mol. The van der Waals surface area contributed by atoms with Gasteiger partial charge in [0.05, 0.1) is 26.9 Å². The molecule has 140 valence electrons. The molecule has 1 aliphatic rings. The molecule has 1 aliphatic heterocycles. The van der Waals surface area contributed by atoms with Crippen LogP contribution in [0.5, 0.6) is 5.75 Å². The number of benzene rings is 1. The predicted octanol–water partition coefficient (Wildman–Crippen LogP) is 2.12. The van der Waals surface area contributed by atoms with Crippen LogP contribution < -0.4 is 15.4 Å². The van der Waals surface area contributed by atoms with E-state index in [1.54, 1.807) is 7.11 Å². The van der Waals surface area contributed by atoms with Crippen LogP contribution in [-0.2, 0) is 11.3 Å². The van der Waals surface area contributed by atoms with E-state index in [2.05, 4.69) is 34.4 Å². The van der Waals surface area contributed by atoms with Crippen molar-refractivity contribution in [3.05, 3.63) is 28.8 Å². The smallest absolute Gasteiger partial charge is 0.191 e. The van der Waals surface area contributed by atoms with Crippen molar-refractivity contribution in [2.75, 3.05) is 46.5 Å². The third-order valence-corrected chi connectivity index (χ3v) is 4.47. The summed E-state index contributed by atoms with van der Waals surface area (Å²) in [5.41, 5.74) is 1.00. The van der Waals surface area contributed by atoms with Crippen LogP contribution in [0.25, 0.3) is 0 Å². The quantitative estimate of drug-likeness (QED) is 0.570. The molecule has 6 nitrogen and oxygen atoms in total. The molecule has 7 heteroatoms. The lowest BCUT2D eigenvalue weighted by atomic mass is 10.2. The highest BCUT2D eigenvalue weighted by atomic mass is 35.5. The van der Waals surface area contributed by atoms with E-state index < -0.39 is 0 Å². The summed E-state index contributed by atoms with van der Waals surface area (Å²) in [6, 6.07) is 6.05. The Kier molecular flexibility index (Phi) is 8.31. The molecule has 0 aromatic heterocycles. The second-order valence-corrected chi connectivity index (χ2v) is 6.47. The summed E-state index contributed by atoms with van der Waals surface area (Å²) in [6.45, 7) is 10.1. The van der Waals surface area contributed by atoms with Crippen molar-refractivity contribution >= 4 is 17.6 Å². The minimum Gasteiger partial charge on any atom is -0.496 e. The van der Waals surface area contributed by atoms with E-state index in [4.69, 9.17) is 21.1 Å². The van der Waals surface area contributed by atoms with E-state index in [1.165, 1.54) is 0 Å². The van der Waals surface area contributed by atoms with Gasteiger partial charge in [-0.25, -0.2) is 4.99 Å². The number of hydrogen-bond acceptors (Lipinski definition) is 4. The van der Waals surface area contributed by atoms with E-state index >= 15 is 0 Å². The molecule has 1 fully saturated rings. The Morgan fingerprint density at radius 3 is 2.80 bits per heavy atom. The fourth-order valence-electron chi connectivity index (χ4n) is 2.75. The minimum absolute atomic E-state index is 0.429. The topological polar surface area (TPSA) is 58.1 Å². The van der Waals surface area contributed by atoms with Gasteiger partial charge >= 0.3 is 0 Å². The molecule has 0 radical (unpaired) electrons. The number of guanidine groups is 1. The maximum atomic E-state index is 6.01. The molecule has 1 saturated heterocycles. The van der Waals surface area contributed by atoms with Crippen LogP contribution >= 0.6 is 11.6 Å². The standard InChI is InChI=1S/C18H29ClN4O2/c1-4-20-18(21-12-14(2)23-7-9-25-10-8-23)22-13-15-5-6-16(19)11-17(15)24-3/h5-6,11,14H,4,7-10,12-13H2,1-3H3,(H2,20,21,22). The molecule has 1 heterocycles. The van der Waals surface area contributed by atoms with Gasteiger partial charge in [0.2, 0.25) is 0 Å². The molecule has 2 N–H and O–H groups in total. The summed E-state index contributed by atoms with van der Waals surface area (Å²) in [4.78, 5) is 7.10. The van der Waals surface area contributed by atoms with Gasteiger partial charge in [0.25, 0.3) is 0 Å². The number of rotatable bonds is 7. The van der Waals surface area contributed by atoms with Gasteiger partial charge in [-0.05, 0) is 26.0 Å². The van der Waals surface area contributed by atoms with Crippen LogP contribution in [0, 0.1) is 0 Å². The molecule has 0 spiro atoms. The zero-order valence-electron chi connectivity index (χ0n) is 15.3. The first-order chi connectivity index (χ1) is 12.1. The lowest BCUT2D eigenvalue weighted by Gasteiger charge is -2.32. The maximum absolute atomic E-state index is 6.01. The van der Waals surface area contributed by atoms with Gasteiger partial charge in [0.15, 0.2) is 5.96 Å². The van der Waals surface area contributed by atoms with E-state index in [-0.39, 0.29) is 0 Å². The normalized spacial score (nSPS) is 17.2. The highest BCUT2D eigenvalue weighted by Gasteiger charge is 2.17. The van der Waals surface area contributed by atoms with Gasteiger partial charge in [-0.1, -0.05) is 17.7 Å². The fraction of sp³-hybridized carbons (Fsp3) is 0.611. The Hall–Kier alpha value is -1.50. The minimum atomic E-state index is 0.429. The molecule has 0 amide bonds. The summed E-state index contributed by atoms with van der Waals surface area (Å²) in [5, 5.41) is 7.38. The van der Waals surface area contributed by atoms with Gasteiger partial charge in [-0.2, -0.15) is 0 Å². The first-order valence-electron chi connectivity index (χ1n) is 8.80. The molecule has 25 heavy (non-hydrogen) atoms. The number of nitrogens with one attached hydrogen (secondary N) is 2. The number of ether oxygens (including phenoxy) is 2. The molecule has 1 atom stereocenters. The summed E-state index contributed by atoms with van der Waals surface area (Å²) in [5.74, 6) is 1.56. The highest BCUT2D eigenvalue weighted by molar-refractivity contribution is 6.30. The van der Waals surface area contributed by atoms with Crippen LogP contribution in [-0.4, -0.2) is 63.4 Å². The molecule has 0 saturated carbocycles. The van der Waals surface area contributed by atoms with E-state index in [0.717, 1.165) is 56.7 Å². The van der Waals surface area contributed by atoms with Crippen molar-refractivity contribution in [1.29, 1.82) is 0 Å². The van der Waals surface area contributed by atoms with Crippen LogP contribution in [0.15, 0.2) is 23.2 Å². The largest absolute Gasteiger partial charge is 0.496 e. The highest BCUT2D eigenvalue weighted by Crippen LogP contribution is 2.23. The van der Waals surface area contributed by atoms with Crippen LogP contribution in [0.1, 0.15) is 19.4 Å². The number of methoxy groups -OCH3 is 1. The molecule has 1 unspecified atom stereocenters. The second-order valence-electron chi connectivity index (χ2n) is 6.03. The molecule has 2 rings (SSSR count). The van der Waals surface area contributed by atoms with Crippen molar-refractivity contribution in [3.8, 4) is 5.75 Å². The van der Waals surface area contributed by atoms with Gasteiger partial charge < -0.3 is 20.1 Å². The SMILES string of the molecule is CCNC(=NCc1ccc(Cl)cc1OC)NCC(C)N1CCOCC1. The van der Waals surface area contributed by atoms with Crippen LogP contribution in [0.4, 0.5) is 0 Å². The average molecular weight is 369 g/mol. The Morgan fingerprint density at radius 2 is 2.12 bits per heavy atom. The Labute approximate surface area is 155 Å². The number of nitrogens with zero attached hydrogens (tertiary/aromatic N) is 2. The van der Waals surface area contributed by atoms with Crippen molar-refractivity contribution in [3.63, 3.8) is 0 Å². The Morgan fingerprint density at radius 1 is 1.36 bits per heavy atom. The molecule has 1 aromatic carbocycles. The predicted molar refractivity (Wildman–Crippen MR) is 103 cm³/mol. The van der Waals surface area contributed by atoms with Crippen molar-refractivity contribution < 1.29 is 9.47 Å². The van der Waals surface area contributed by atoms with E-state index in [9.17, 15) is 0 Å². The first kappa shape index (κ1) is 19.8. The Bertz CT molecular complexity index is 562. The molecule has 0 aliphatic carbocycles. The number of aliphatic imine (C=N–C) groups is 1. The van der Waals surface area contributed by atoms with Gasteiger partial charge in [0.1, 0.15) is 5.75 Å². The number of halogens is 1. The Balaban J connectivity index is 1.93. The van der Waals surface area contributed by atoms with E-state index in [0.29, 0.717) is 17.6 Å². The lowest BCUT2D eigenvalue weighted by molar-refractivity contribution is 0.0211. The third kappa shape index (κ3) is 6.38. The summed E-state index contributed by atoms with van der Waals surface area (Å²) < 4.78 is 10.8. The fourth-order valence-corrected chi connectivity index (χ4v) is 2.91. The number of hydrogen-bond donors (Lipinski definition) is 2. The van der Waals surface area contributed by atoms with Crippen molar-refractivity contribution in [1.82, 2.24) is 15.5 Å². The molecule has 1 aromatic rings.